The third-order valence-corrected chi connectivity index (χ3v) is 5.65. The molecule has 2 aliphatic heterocycles. The number of hydrogen-bond acceptors (Lipinski definition) is 6. The fraction of sp³-hybridized carbons (Fsp3) is 0.588. The Morgan fingerprint density at radius 3 is 2.73 bits per heavy atom. The number of morpholine rings is 1. The summed E-state index contributed by atoms with van der Waals surface area (Å²) in [6.07, 6.45) is 0.266. The molecule has 3 rings (SSSR count). The molecule has 1 amide bonds. The zero-order valence-electron chi connectivity index (χ0n) is 15.1. The lowest BCUT2D eigenvalue weighted by atomic mass is 10.1. The van der Waals surface area contributed by atoms with Crippen LogP contribution in [0, 0.1) is 6.92 Å². The van der Waals surface area contributed by atoms with E-state index in [4.69, 9.17) is 9.47 Å². The Labute approximate surface area is 154 Å². The van der Waals surface area contributed by atoms with Crippen molar-refractivity contribution in [3.05, 3.63) is 23.8 Å². The molecule has 1 aromatic carbocycles. The van der Waals surface area contributed by atoms with Crippen LogP contribution in [0.3, 0.4) is 0 Å². The SMILES string of the molecule is Cc1ccc2c(c1)N(S(C)(=O)=O)C[C@@H](C(=O)NCCN1CCOCC1)O2. The average Bonchev–Trinajstić information content (AvgIpc) is 2.60. The highest BCUT2D eigenvalue weighted by molar-refractivity contribution is 7.92. The van der Waals surface area contributed by atoms with Crippen molar-refractivity contribution < 1.29 is 22.7 Å². The molecule has 8 nitrogen and oxygen atoms in total. The molecule has 2 heterocycles. The van der Waals surface area contributed by atoms with Crippen LogP contribution in [-0.2, 0) is 19.6 Å². The van der Waals surface area contributed by atoms with Crippen LogP contribution in [0.1, 0.15) is 5.56 Å². The van der Waals surface area contributed by atoms with E-state index in [-0.39, 0.29) is 12.5 Å². The van der Waals surface area contributed by atoms with Crippen LogP contribution in [0.25, 0.3) is 0 Å². The van der Waals surface area contributed by atoms with Crippen molar-refractivity contribution in [2.24, 2.45) is 0 Å². The van der Waals surface area contributed by atoms with E-state index < -0.39 is 16.1 Å². The molecule has 0 spiro atoms. The van der Waals surface area contributed by atoms with Crippen molar-refractivity contribution >= 4 is 21.6 Å². The van der Waals surface area contributed by atoms with Gasteiger partial charge in [-0.3, -0.25) is 14.0 Å². The van der Waals surface area contributed by atoms with E-state index in [0.29, 0.717) is 31.2 Å². The number of sulfonamides is 1. The minimum atomic E-state index is -3.51. The quantitative estimate of drug-likeness (QED) is 0.768. The predicted octanol–water partition coefficient (Wildman–Crippen LogP) is -0.0296. The van der Waals surface area contributed by atoms with Gasteiger partial charge in [0.15, 0.2) is 6.10 Å². The summed E-state index contributed by atoms with van der Waals surface area (Å²) >= 11 is 0. The monoisotopic (exact) mass is 383 g/mol. The van der Waals surface area contributed by atoms with Crippen LogP contribution in [0.15, 0.2) is 18.2 Å². The highest BCUT2D eigenvalue weighted by Gasteiger charge is 2.35. The number of aryl methyl sites for hydroxylation is 1. The molecule has 2 aliphatic rings. The molecule has 9 heteroatoms. The summed E-state index contributed by atoms with van der Waals surface area (Å²) in [7, 11) is -3.51. The van der Waals surface area contributed by atoms with Crippen molar-refractivity contribution in [2.75, 3.05) is 56.5 Å². The summed E-state index contributed by atoms with van der Waals surface area (Å²) in [5.74, 6) is 0.0961. The summed E-state index contributed by atoms with van der Waals surface area (Å²) in [5, 5.41) is 2.85. The van der Waals surface area contributed by atoms with E-state index in [1.165, 1.54) is 4.31 Å². The summed E-state index contributed by atoms with van der Waals surface area (Å²) < 4.78 is 36.6. The number of fused-ring (bicyclic) bond motifs is 1. The molecular weight excluding hydrogens is 358 g/mol. The van der Waals surface area contributed by atoms with Crippen LogP contribution in [0.5, 0.6) is 5.75 Å². The number of carbonyl (C=O) groups excluding carboxylic acids is 1. The smallest absolute Gasteiger partial charge is 0.263 e. The molecule has 0 aromatic heterocycles. The fourth-order valence-electron chi connectivity index (χ4n) is 3.09. The number of rotatable bonds is 5. The van der Waals surface area contributed by atoms with E-state index in [0.717, 1.165) is 31.5 Å². The molecule has 0 unspecified atom stereocenters. The molecule has 144 valence electrons. The van der Waals surface area contributed by atoms with Gasteiger partial charge in [-0.25, -0.2) is 8.42 Å². The third kappa shape index (κ3) is 4.46. The van der Waals surface area contributed by atoms with Crippen molar-refractivity contribution in [3.8, 4) is 5.75 Å². The Balaban J connectivity index is 1.65. The number of hydrogen-bond donors (Lipinski definition) is 1. The van der Waals surface area contributed by atoms with Gasteiger partial charge in [0.2, 0.25) is 10.0 Å². The Hall–Kier alpha value is -1.84. The summed E-state index contributed by atoms with van der Waals surface area (Å²) in [6, 6.07) is 5.29. The Morgan fingerprint density at radius 2 is 2.04 bits per heavy atom. The first-order valence-electron chi connectivity index (χ1n) is 8.67. The highest BCUT2D eigenvalue weighted by atomic mass is 32.2. The van der Waals surface area contributed by atoms with Crippen LogP contribution in [-0.4, -0.2) is 77.5 Å². The summed E-state index contributed by atoms with van der Waals surface area (Å²) in [4.78, 5) is 14.7. The standard InChI is InChI=1S/C17H25N3O5S/c1-13-3-4-15-14(11-13)20(26(2,22)23)12-16(25-15)17(21)18-5-6-19-7-9-24-10-8-19/h3-4,11,16H,5-10,12H2,1-2H3,(H,18,21)/t16-/m0/s1. The predicted molar refractivity (Wildman–Crippen MR) is 98.1 cm³/mol. The Kier molecular flexibility index (Phi) is 5.69. The largest absolute Gasteiger partial charge is 0.476 e. The van der Waals surface area contributed by atoms with E-state index in [2.05, 4.69) is 10.2 Å². The van der Waals surface area contributed by atoms with Gasteiger partial charge in [0.1, 0.15) is 5.75 Å². The van der Waals surface area contributed by atoms with Crippen molar-refractivity contribution in [1.82, 2.24) is 10.2 Å². The molecule has 0 bridgehead atoms. The van der Waals surface area contributed by atoms with Crippen molar-refractivity contribution in [3.63, 3.8) is 0 Å². The van der Waals surface area contributed by atoms with Gasteiger partial charge in [0, 0.05) is 26.2 Å². The Bertz CT molecular complexity index is 762. The van der Waals surface area contributed by atoms with Gasteiger partial charge >= 0.3 is 0 Å². The van der Waals surface area contributed by atoms with Crippen LogP contribution in [0.4, 0.5) is 5.69 Å². The number of amides is 1. The first kappa shape index (κ1) is 18.9. The van der Waals surface area contributed by atoms with Gasteiger partial charge < -0.3 is 14.8 Å². The van der Waals surface area contributed by atoms with E-state index in [1.807, 2.05) is 13.0 Å². The van der Waals surface area contributed by atoms with Gasteiger partial charge in [0.25, 0.3) is 5.91 Å². The zero-order valence-corrected chi connectivity index (χ0v) is 15.9. The van der Waals surface area contributed by atoms with E-state index >= 15 is 0 Å². The van der Waals surface area contributed by atoms with Crippen LogP contribution in [0.2, 0.25) is 0 Å². The van der Waals surface area contributed by atoms with Gasteiger partial charge in [0.05, 0.1) is 31.7 Å². The van der Waals surface area contributed by atoms with E-state index in [9.17, 15) is 13.2 Å². The second-order valence-corrected chi connectivity index (χ2v) is 8.52. The van der Waals surface area contributed by atoms with Crippen LogP contribution < -0.4 is 14.4 Å². The minimum absolute atomic E-state index is 0.0291. The van der Waals surface area contributed by atoms with Crippen molar-refractivity contribution in [1.29, 1.82) is 0 Å². The van der Waals surface area contributed by atoms with Gasteiger partial charge in [-0.2, -0.15) is 0 Å². The summed E-state index contributed by atoms with van der Waals surface area (Å²) in [5.41, 5.74) is 1.40. The topological polar surface area (TPSA) is 88.2 Å². The second-order valence-electron chi connectivity index (χ2n) is 6.62. The van der Waals surface area contributed by atoms with Gasteiger partial charge in [-0.05, 0) is 24.6 Å². The molecule has 1 N–H and O–H groups in total. The third-order valence-electron chi connectivity index (χ3n) is 4.51. The molecule has 0 saturated carbocycles. The summed E-state index contributed by atoms with van der Waals surface area (Å²) in [6.45, 7) is 6.18. The normalized spacial score (nSPS) is 21.0. The first-order valence-corrected chi connectivity index (χ1v) is 10.5. The molecule has 0 radical (unpaired) electrons. The average molecular weight is 383 g/mol. The molecule has 1 fully saturated rings. The number of carbonyl (C=O) groups is 1. The first-order chi connectivity index (χ1) is 12.3. The number of nitrogens with one attached hydrogen (secondary N) is 1. The molecule has 1 saturated heterocycles. The fourth-order valence-corrected chi connectivity index (χ4v) is 3.99. The molecule has 26 heavy (non-hydrogen) atoms. The lowest BCUT2D eigenvalue weighted by molar-refractivity contribution is -0.127. The minimum Gasteiger partial charge on any atom is -0.476 e. The number of anilines is 1. The lowest BCUT2D eigenvalue weighted by Crippen LogP contribution is -2.51. The zero-order chi connectivity index (χ0) is 18.7. The van der Waals surface area contributed by atoms with Gasteiger partial charge in [-0.15, -0.1) is 0 Å². The second kappa shape index (κ2) is 7.81. The van der Waals surface area contributed by atoms with Gasteiger partial charge in [-0.1, -0.05) is 6.07 Å². The van der Waals surface area contributed by atoms with Crippen molar-refractivity contribution in [2.45, 2.75) is 13.0 Å². The molecular formula is C17H25N3O5S. The maximum atomic E-state index is 12.5. The van der Waals surface area contributed by atoms with E-state index in [1.54, 1.807) is 12.1 Å². The Morgan fingerprint density at radius 1 is 1.31 bits per heavy atom. The number of benzene rings is 1. The molecule has 1 aromatic rings. The molecule has 0 aliphatic carbocycles. The maximum absolute atomic E-state index is 12.5. The maximum Gasteiger partial charge on any atom is 0.263 e. The molecule has 1 atom stereocenters. The highest BCUT2D eigenvalue weighted by Crippen LogP contribution is 2.35. The van der Waals surface area contributed by atoms with Crippen LogP contribution >= 0.6 is 0 Å². The number of nitrogens with zero attached hydrogens (tertiary/aromatic N) is 2. The number of ether oxygens (including phenoxy) is 2. The lowest BCUT2D eigenvalue weighted by Gasteiger charge is -2.34.